The first-order valence-electron chi connectivity index (χ1n) is 7.22. The molecule has 1 saturated heterocycles. The van der Waals surface area contributed by atoms with E-state index >= 15 is 0 Å². The standard InChI is InChI=1S/C14H22N4O2/c1-2-3-12(18-7-6-15-10-18)8-14(20)17-11-4-5-13(19)16-9-11/h6-7,10-12H,2-5,8-9H2,1H3,(H,16,19)(H,17,20). The van der Waals surface area contributed by atoms with E-state index in [1.807, 2.05) is 10.8 Å². The minimum atomic E-state index is 0.0401. The highest BCUT2D eigenvalue weighted by atomic mass is 16.2. The van der Waals surface area contributed by atoms with Gasteiger partial charge in [-0.25, -0.2) is 4.98 Å². The van der Waals surface area contributed by atoms with Gasteiger partial charge in [-0.2, -0.15) is 0 Å². The molecule has 1 aromatic heterocycles. The molecule has 0 bridgehead atoms. The van der Waals surface area contributed by atoms with Crippen LogP contribution in [0.4, 0.5) is 0 Å². The van der Waals surface area contributed by atoms with Crippen molar-refractivity contribution in [3.63, 3.8) is 0 Å². The molecule has 2 heterocycles. The van der Waals surface area contributed by atoms with Gasteiger partial charge in [0.15, 0.2) is 0 Å². The summed E-state index contributed by atoms with van der Waals surface area (Å²) in [4.78, 5) is 27.2. The van der Waals surface area contributed by atoms with E-state index in [1.54, 1.807) is 12.5 Å². The molecule has 2 N–H and O–H groups in total. The molecular formula is C14H22N4O2. The molecule has 20 heavy (non-hydrogen) atoms. The maximum Gasteiger partial charge on any atom is 0.222 e. The van der Waals surface area contributed by atoms with Crippen LogP contribution in [0.15, 0.2) is 18.7 Å². The molecule has 1 aromatic rings. The molecule has 0 radical (unpaired) electrons. The van der Waals surface area contributed by atoms with E-state index in [4.69, 9.17) is 0 Å². The van der Waals surface area contributed by atoms with Crippen LogP contribution in [0.3, 0.4) is 0 Å². The second kappa shape index (κ2) is 7.07. The van der Waals surface area contributed by atoms with E-state index in [0.29, 0.717) is 19.4 Å². The van der Waals surface area contributed by atoms with Gasteiger partial charge in [-0.15, -0.1) is 0 Å². The van der Waals surface area contributed by atoms with Gasteiger partial charge in [0.25, 0.3) is 0 Å². The van der Waals surface area contributed by atoms with Crippen molar-refractivity contribution < 1.29 is 9.59 Å². The zero-order valence-corrected chi connectivity index (χ0v) is 11.8. The number of piperidine rings is 1. The van der Waals surface area contributed by atoms with Gasteiger partial charge in [0.05, 0.1) is 6.33 Å². The second-order valence-corrected chi connectivity index (χ2v) is 5.26. The lowest BCUT2D eigenvalue weighted by molar-refractivity contribution is -0.126. The van der Waals surface area contributed by atoms with Crippen LogP contribution in [0.1, 0.15) is 45.1 Å². The van der Waals surface area contributed by atoms with Gasteiger partial charge in [0, 0.05) is 43.9 Å². The van der Waals surface area contributed by atoms with Crippen LogP contribution >= 0.6 is 0 Å². The summed E-state index contributed by atoms with van der Waals surface area (Å²) in [6, 6.07) is 0.214. The lowest BCUT2D eigenvalue weighted by Gasteiger charge is -2.25. The Balaban J connectivity index is 1.84. The number of carbonyl (C=O) groups excluding carboxylic acids is 2. The van der Waals surface area contributed by atoms with Crippen molar-refractivity contribution >= 4 is 11.8 Å². The van der Waals surface area contributed by atoms with Crippen molar-refractivity contribution in [1.29, 1.82) is 0 Å². The van der Waals surface area contributed by atoms with Gasteiger partial charge in [0.1, 0.15) is 0 Å². The SMILES string of the molecule is CCCC(CC(=O)NC1CCC(=O)NC1)n1ccnc1. The molecule has 1 aliphatic rings. The van der Waals surface area contributed by atoms with Gasteiger partial charge >= 0.3 is 0 Å². The van der Waals surface area contributed by atoms with Crippen LogP contribution in [0.25, 0.3) is 0 Å². The van der Waals surface area contributed by atoms with Crippen molar-refractivity contribution in [1.82, 2.24) is 20.2 Å². The van der Waals surface area contributed by atoms with Crippen LogP contribution in [0, 0.1) is 0 Å². The van der Waals surface area contributed by atoms with Crippen LogP contribution in [0.2, 0.25) is 0 Å². The number of nitrogens with zero attached hydrogens (tertiary/aromatic N) is 2. The molecule has 2 unspecified atom stereocenters. The Morgan fingerprint density at radius 1 is 1.65 bits per heavy atom. The molecule has 110 valence electrons. The number of imidazole rings is 1. The monoisotopic (exact) mass is 278 g/mol. The molecule has 6 nitrogen and oxygen atoms in total. The molecule has 0 saturated carbocycles. The largest absolute Gasteiger partial charge is 0.354 e. The average molecular weight is 278 g/mol. The molecule has 0 spiro atoms. The summed E-state index contributed by atoms with van der Waals surface area (Å²) in [5, 5.41) is 5.78. The molecular weight excluding hydrogens is 256 g/mol. The van der Waals surface area contributed by atoms with Crippen molar-refractivity contribution in [2.24, 2.45) is 0 Å². The van der Waals surface area contributed by atoms with E-state index in [1.165, 1.54) is 0 Å². The number of aromatic nitrogens is 2. The summed E-state index contributed by atoms with van der Waals surface area (Å²) < 4.78 is 1.99. The van der Waals surface area contributed by atoms with Gasteiger partial charge in [-0.1, -0.05) is 13.3 Å². The highest BCUT2D eigenvalue weighted by Gasteiger charge is 2.21. The maximum absolute atomic E-state index is 12.1. The fourth-order valence-electron chi connectivity index (χ4n) is 2.53. The van der Waals surface area contributed by atoms with Crippen molar-refractivity contribution in [3.05, 3.63) is 18.7 Å². The number of hydrogen-bond acceptors (Lipinski definition) is 3. The van der Waals surface area contributed by atoms with Gasteiger partial charge in [-0.3, -0.25) is 9.59 Å². The van der Waals surface area contributed by atoms with E-state index < -0.39 is 0 Å². The van der Waals surface area contributed by atoms with Crippen molar-refractivity contribution in [2.75, 3.05) is 6.54 Å². The molecule has 2 atom stereocenters. The van der Waals surface area contributed by atoms with Gasteiger partial charge < -0.3 is 15.2 Å². The third-order valence-electron chi connectivity index (χ3n) is 3.62. The minimum Gasteiger partial charge on any atom is -0.354 e. The number of carbonyl (C=O) groups is 2. The molecule has 6 heteroatoms. The van der Waals surface area contributed by atoms with E-state index in [9.17, 15) is 9.59 Å². The van der Waals surface area contributed by atoms with Crippen molar-refractivity contribution in [3.8, 4) is 0 Å². The number of rotatable bonds is 6. The Morgan fingerprint density at radius 3 is 3.10 bits per heavy atom. The van der Waals surface area contributed by atoms with Crippen LogP contribution < -0.4 is 10.6 Å². The minimum absolute atomic E-state index is 0.0401. The summed E-state index contributed by atoms with van der Waals surface area (Å²) in [6.45, 7) is 2.65. The predicted octanol–water partition coefficient (Wildman–Crippen LogP) is 1.01. The highest BCUT2D eigenvalue weighted by Crippen LogP contribution is 2.18. The molecule has 1 fully saturated rings. The Hall–Kier alpha value is -1.85. The fraction of sp³-hybridized carbons (Fsp3) is 0.643. The molecule has 1 aliphatic heterocycles. The van der Waals surface area contributed by atoms with Crippen LogP contribution in [0.5, 0.6) is 0 Å². The zero-order valence-electron chi connectivity index (χ0n) is 11.8. The number of nitrogens with one attached hydrogen (secondary N) is 2. The Bertz CT molecular complexity index is 434. The van der Waals surface area contributed by atoms with Gasteiger partial charge in [0.2, 0.25) is 11.8 Å². The Labute approximate surface area is 119 Å². The maximum atomic E-state index is 12.1. The lowest BCUT2D eigenvalue weighted by Crippen LogP contribution is -2.48. The number of amides is 2. The summed E-state index contributed by atoms with van der Waals surface area (Å²) in [5.74, 6) is 0.107. The topological polar surface area (TPSA) is 76.0 Å². The first-order valence-corrected chi connectivity index (χ1v) is 7.22. The van der Waals surface area contributed by atoms with Crippen LogP contribution in [-0.4, -0.2) is 34.0 Å². The fourth-order valence-corrected chi connectivity index (χ4v) is 2.53. The quantitative estimate of drug-likeness (QED) is 0.815. The Morgan fingerprint density at radius 2 is 2.50 bits per heavy atom. The summed E-state index contributed by atoms with van der Waals surface area (Å²) in [6.07, 6.45) is 9.03. The van der Waals surface area contributed by atoms with E-state index in [-0.39, 0.29) is 23.9 Å². The van der Waals surface area contributed by atoms with Crippen molar-refractivity contribution in [2.45, 2.75) is 51.1 Å². The second-order valence-electron chi connectivity index (χ2n) is 5.26. The first kappa shape index (κ1) is 14.6. The zero-order chi connectivity index (χ0) is 14.4. The predicted molar refractivity (Wildman–Crippen MR) is 75.0 cm³/mol. The highest BCUT2D eigenvalue weighted by molar-refractivity contribution is 5.79. The summed E-state index contributed by atoms with van der Waals surface area (Å²) >= 11 is 0. The van der Waals surface area contributed by atoms with E-state index in [2.05, 4.69) is 22.5 Å². The molecule has 0 aliphatic carbocycles. The average Bonchev–Trinajstić information content (AvgIpc) is 2.95. The van der Waals surface area contributed by atoms with Crippen LogP contribution in [-0.2, 0) is 9.59 Å². The normalized spacial score (nSPS) is 20.2. The molecule has 0 aromatic carbocycles. The lowest BCUT2D eigenvalue weighted by atomic mass is 10.0. The third-order valence-corrected chi connectivity index (χ3v) is 3.62. The Kier molecular flexibility index (Phi) is 5.15. The molecule has 2 rings (SSSR count). The summed E-state index contributed by atoms with van der Waals surface area (Å²) in [7, 11) is 0. The number of hydrogen-bond donors (Lipinski definition) is 2. The third kappa shape index (κ3) is 4.08. The van der Waals surface area contributed by atoms with Gasteiger partial charge in [-0.05, 0) is 12.8 Å². The smallest absolute Gasteiger partial charge is 0.222 e. The summed E-state index contributed by atoms with van der Waals surface area (Å²) in [5.41, 5.74) is 0. The first-order chi connectivity index (χ1) is 9.69. The molecule has 2 amide bonds. The van der Waals surface area contributed by atoms with E-state index in [0.717, 1.165) is 19.3 Å².